The fraction of sp³-hybridized carbons (Fsp3) is 0.100. The van der Waals surface area contributed by atoms with Gasteiger partial charge in [0.2, 0.25) is 0 Å². The van der Waals surface area contributed by atoms with Gasteiger partial charge in [0.25, 0.3) is 0 Å². The fourth-order valence-corrected chi connectivity index (χ4v) is 1.25. The van der Waals surface area contributed by atoms with Crippen LogP contribution in [0.4, 0.5) is 0 Å². The molecule has 0 spiro atoms. The lowest BCUT2D eigenvalue weighted by Crippen LogP contribution is -1.93. The SMILES string of the molecule is [2H]c1c(Br)c(C([2H])([2H])[2H])nn1-c1ccccc1. The fourth-order valence-electron chi connectivity index (χ4n) is 1.01. The van der Waals surface area contributed by atoms with Crippen molar-refractivity contribution in [3.63, 3.8) is 0 Å². The van der Waals surface area contributed by atoms with Crippen LogP contribution in [0.1, 0.15) is 11.2 Å². The topological polar surface area (TPSA) is 17.8 Å². The molecular weight excluding hydrogens is 228 g/mol. The Kier molecular flexibility index (Phi) is 1.27. The van der Waals surface area contributed by atoms with E-state index in [1.54, 1.807) is 24.3 Å². The monoisotopic (exact) mass is 240 g/mol. The molecule has 2 aromatic rings. The molecule has 66 valence electrons. The van der Waals surface area contributed by atoms with Gasteiger partial charge in [-0.3, -0.25) is 0 Å². The average molecular weight is 241 g/mol. The maximum Gasteiger partial charge on any atom is 0.0854 e. The Bertz CT molecular complexity index is 533. The van der Waals surface area contributed by atoms with Crippen LogP contribution in [0.3, 0.4) is 0 Å². The quantitative estimate of drug-likeness (QED) is 0.750. The Morgan fingerprint density at radius 1 is 1.46 bits per heavy atom. The van der Waals surface area contributed by atoms with Crippen molar-refractivity contribution in [3.8, 4) is 5.69 Å². The van der Waals surface area contributed by atoms with Crippen molar-refractivity contribution in [1.29, 1.82) is 0 Å². The lowest BCUT2D eigenvalue weighted by molar-refractivity contribution is 0.863. The van der Waals surface area contributed by atoms with Gasteiger partial charge in [-0.1, -0.05) is 18.2 Å². The lowest BCUT2D eigenvalue weighted by atomic mass is 10.3. The van der Waals surface area contributed by atoms with Crippen LogP contribution in [-0.2, 0) is 0 Å². The van der Waals surface area contributed by atoms with E-state index in [0.29, 0.717) is 5.69 Å². The minimum Gasteiger partial charge on any atom is -0.240 e. The van der Waals surface area contributed by atoms with Crippen molar-refractivity contribution in [1.82, 2.24) is 9.78 Å². The van der Waals surface area contributed by atoms with Gasteiger partial charge in [-0.2, -0.15) is 5.10 Å². The second-order valence-electron chi connectivity index (χ2n) is 2.52. The Balaban J connectivity index is 2.59. The summed E-state index contributed by atoms with van der Waals surface area (Å²) in [5, 5.41) is 3.97. The molecule has 0 saturated carbocycles. The summed E-state index contributed by atoms with van der Waals surface area (Å²) in [5.74, 6) is 0. The number of hydrogen-bond donors (Lipinski definition) is 0. The molecule has 0 amide bonds. The predicted octanol–water partition coefficient (Wildman–Crippen LogP) is 2.94. The summed E-state index contributed by atoms with van der Waals surface area (Å²) in [7, 11) is 0. The molecule has 0 aliphatic heterocycles. The van der Waals surface area contributed by atoms with Gasteiger partial charge >= 0.3 is 0 Å². The van der Waals surface area contributed by atoms with Crippen LogP contribution in [0.25, 0.3) is 5.69 Å². The average Bonchev–Trinajstić information content (AvgIpc) is 2.57. The standard InChI is InChI=1S/C10H9BrN2/c1-8-10(11)7-13(12-8)9-5-3-2-4-6-9/h2-7H,1H3/i1D3,7D. The first kappa shape index (κ1) is 4.96. The number of benzene rings is 1. The molecule has 2 rings (SSSR count). The smallest absolute Gasteiger partial charge is 0.0854 e. The van der Waals surface area contributed by atoms with E-state index in [-0.39, 0.29) is 16.3 Å². The number of hydrogen-bond acceptors (Lipinski definition) is 1. The molecule has 13 heavy (non-hydrogen) atoms. The summed E-state index contributed by atoms with van der Waals surface area (Å²) in [6, 6.07) is 8.98. The van der Waals surface area contributed by atoms with Crippen LogP contribution >= 0.6 is 15.9 Å². The normalized spacial score (nSPS) is 15.8. The molecule has 0 saturated heterocycles. The van der Waals surface area contributed by atoms with Crippen LogP contribution in [0.15, 0.2) is 41.0 Å². The van der Waals surface area contributed by atoms with Crippen LogP contribution in [0.2, 0.25) is 0 Å². The van der Waals surface area contributed by atoms with Gasteiger partial charge < -0.3 is 0 Å². The first-order chi connectivity index (χ1) is 7.91. The Labute approximate surface area is 90.9 Å². The molecule has 0 atom stereocenters. The van der Waals surface area contributed by atoms with Crippen molar-refractivity contribution < 1.29 is 5.48 Å². The van der Waals surface area contributed by atoms with E-state index in [0.717, 1.165) is 0 Å². The highest BCUT2D eigenvalue weighted by Crippen LogP contribution is 2.16. The van der Waals surface area contributed by atoms with E-state index in [2.05, 4.69) is 21.0 Å². The predicted molar refractivity (Wildman–Crippen MR) is 56.0 cm³/mol. The maximum absolute atomic E-state index is 7.84. The number of halogens is 1. The Morgan fingerprint density at radius 3 is 2.85 bits per heavy atom. The molecule has 0 bridgehead atoms. The largest absolute Gasteiger partial charge is 0.240 e. The molecule has 0 radical (unpaired) electrons. The second-order valence-corrected chi connectivity index (χ2v) is 3.31. The summed E-state index contributed by atoms with van der Waals surface area (Å²) in [6.45, 7) is -2.32. The minimum atomic E-state index is -2.32. The first-order valence-electron chi connectivity index (χ1n) is 5.72. The summed E-state index contributed by atoms with van der Waals surface area (Å²) >= 11 is 3.10. The van der Waals surface area contributed by atoms with E-state index in [4.69, 9.17) is 5.48 Å². The summed E-state index contributed by atoms with van der Waals surface area (Å²) in [6.07, 6.45) is 0.0299. The number of aryl methyl sites for hydroxylation is 1. The molecule has 0 aliphatic rings. The minimum absolute atomic E-state index is 0.0299. The van der Waals surface area contributed by atoms with Gasteiger partial charge in [-0.15, -0.1) is 0 Å². The van der Waals surface area contributed by atoms with Crippen molar-refractivity contribution in [2.24, 2.45) is 0 Å². The van der Waals surface area contributed by atoms with Gasteiger partial charge in [0, 0.05) is 10.3 Å². The van der Waals surface area contributed by atoms with Crippen LogP contribution in [0.5, 0.6) is 0 Å². The lowest BCUT2D eigenvalue weighted by Gasteiger charge is -1.98. The van der Waals surface area contributed by atoms with E-state index >= 15 is 0 Å². The first-order valence-corrected chi connectivity index (χ1v) is 4.51. The maximum atomic E-state index is 7.84. The zero-order valence-electron chi connectivity index (χ0n) is 10.7. The van der Waals surface area contributed by atoms with E-state index in [1.165, 1.54) is 4.68 Å². The van der Waals surface area contributed by atoms with Crippen molar-refractivity contribution >= 4 is 15.9 Å². The Hall–Kier alpha value is -1.09. The highest BCUT2D eigenvalue weighted by molar-refractivity contribution is 9.10. The molecule has 0 N–H and O–H groups in total. The molecule has 1 aromatic carbocycles. The number of rotatable bonds is 1. The molecule has 2 nitrogen and oxygen atoms in total. The third-order valence-corrected chi connectivity index (χ3v) is 2.17. The van der Waals surface area contributed by atoms with E-state index in [1.807, 2.05) is 6.07 Å². The third kappa shape index (κ3) is 1.65. The van der Waals surface area contributed by atoms with Crippen LogP contribution in [-0.4, -0.2) is 9.78 Å². The summed E-state index contributed by atoms with van der Waals surface area (Å²) in [4.78, 5) is 0. The van der Waals surface area contributed by atoms with Gasteiger partial charge in [0.1, 0.15) is 0 Å². The Morgan fingerprint density at radius 2 is 2.23 bits per heavy atom. The third-order valence-electron chi connectivity index (χ3n) is 1.61. The van der Waals surface area contributed by atoms with Crippen molar-refractivity contribution in [2.45, 2.75) is 6.85 Å². The second kappa shape index (κ2) is 3.34. The number of nitrogens with zero attached hydrogens (tertiary/aromatic N) is 2. The van der Waals surface area contributed by atoms with E-state index in [9.17, 15) is 0 Å². The van der Waals surface area contributed by atoms with Crippen molar-refractivity contribution in [2.75, 3.05) is 0 Å². The molecule has 0 aliphatic carbocycles. The van der Waals surface area contributed by atoms with Crippen LogP contribution < -0.4 is 0 Å². The van der Waals surface area contributed by atoms with Gasteiger partial charge in [-0.25, -0.2) is 4.68 Å². The number of para-hydroxylation sites is 1. The van der Waals surface area contributed by atoms with Gasteiger partial charge in [-0.05, 0) is 34.9 Å². The van der Waals surface area contributed by atoms with E-state index < -0.39 is 6.85 Å². The number of aromatic nitrogens is 2. The highest BCUT2D eigenvalue weighted by Gasteiger charge is 2.01. The van der Waals surface area contributed by atoms with Gasteiger partial charge in [0.15, 0.2) is 0 Å². The molecule has 3 heteroatoms. The summed E-state index contributed by atoms with van der Waals surface area (Å²) in [5.41, 5.74) is 0.569. The van der Waals surface area contributed by atoms with Crippen molar-refractivity contribution in [3.05, 3.63) is 46.7 Å². The zero-order chi connectivity index (χ0) is 12.6. The van der Waals surface area contributed by atoms with Crippen LogP contribution in [0, 0.1) is 6.85 Å². The molecule has 0 fully saturated rings. The summed E-state index contributed by atoms with van der Waals surface area (Å²) < 4.78 is 31.3. The molecule has 0 unspecified atom stereocenters. The molecular formula is C10H9BrN2. The highest BCUT2D eigenvalue weighted by atomic mass is 79.9. The molecule has 1 aromatic heterocycles. The zero-order valence-corrected chi connectivity index (χ0v) is 8.25. The molecule has 1 heterocycles. The van der Waals surface area contributed by atoms with Gasteiger partial charge in [0.05, 0.1) is 17.2 Å².